The minimum atomic E-state index is -3.36. The van der Waals surface area contributed by atoms with E-state index in [-0.39, 0.29) is 17.4 Å². The zero-order valence-electron chi connectivity index (χ0n) is 11.6. The van der Waals surface area contributed by atoms with Crippen LogP contribution in [0.25, 0.3) is 0 Å². The molecule has 1 saturated carbocycles. The number of sulfonamides is 1. The van der Waals surface area contributed by atoms with Gasteiger partial charge in [0.1, 0.15) is 0 Å². The van der Waals surface area contributed by atoms with Crippen molar-refractivity contribution in [1.82, 2.24) is 4.31 Å². The van der Waals surface area contributed by atoms with E-state index in [4.69, 9.17) is 5.11 Å². The summed E-state index contributed by atoms with van der Waals surface area (Å²) in [5, 5.41) is 8.81. The van der Waals surface area contributed by atoms with Gasteiger partial charge in [-0.2, -0.15) is 0 Å². The number of aromatic carboxylic acids is 1. The maximum atomic E-state index is 12.3. The third kappa shape index (κ3) is 3.37. The third-order valence-corrected chi connectivity index (χ3v) is 5.77. The standard InChI is InChI=1S/C14H19NO4S/c1-10(12-7-8-12)15(2)20(18,19)9-11-3-5-13(6-4-11)14(16)17/h3-6,10,12H,7-9H2,1-2H3,(H,16,17). The average molecular weight is 297 g/mol. The molecule has 0 aromatic heterocycles. The number of nitrogens with zero attached hydrogens (tertiary/aromatic N) is 1. The summed E-state index contributed by atoms with van der Waals surface area (Å²) >= 11 is 0. The van der Waals surface area contributed by atoms with Gasteiger partial charge in [-0.1, -0.05) is 12.1 Å². The summed E-state index contributed by atoms with van der Waals surface area (Å²) in [5.74, 6) is -0.636. The van der Waals surface area contributed by atoms with Gasteiger partial charge in [0.15, 0.2) is 0 Å². The van der Waals surface area contributed by atoms with Crippen LogP contribution < -0.4 is 0 Å². The molecule has 1 atom stereocenters. The molecule has 0 aliphatic heterocycles. The van der Waals surface area contributed by atoms with Crippen LogP contribution in [-0.4, -0.2) is 36.9 Å². The summed E-state index contributed by atoms with van der Waals surface area (Å²) in [6, 6.07) is 5.99. The Morgan fingerprint density at radius 1 is 1.35 bits per heavy atom. The van der Waals surface area contributed by atoms with Gasteiger partial charge in [-0.15, -0.1) is 0 Å². The minimum Gasteiger partial charge on any atom is -0.478 e. The van der Waals surface area contributed by atoms with Crippen LogP contribution >= 0.6 is 0 Å². The van der Waals surface area contributed by atoms with E-state index in [0.29, 0.717) is 11.5 Å². The Balaban J connectivity index is 2.09. The quantitative estimate of drug-likeness (QED) is 0.871. The summed E-state index contributed by atoms with van der Waals surface area (Å²) in [7, 11) is -1.75. The molecule has 1 aliphatic rings. The molecule has 110 valence electrons. The van der Waals surface area contributed by atoms with Crippen LogP contribution in [0.1, 0.15) is 35.7 Å². The highest BCUT2D eigenvalue weighted by molar-refractivity contribution is 7.88. The molecule has 1 fully saturated rings. The van der Waals surface area contributed by atoms with Crippen LogP contribution in [0.3, 0.4) is 0 Å². The molecule has 0 amide bonds. The Kier molecular flexibility index (Phi) is 4.15. The Hall–Kier alpha value is -1.40. The number of benzene rings is 1. The van der Waals surface area contributed by atoms with Crippen LogP contribution in [0.5, 0.6) is 0 Å². The van der Waals surface area contributed by atoms with Gasteiger partial charge >= 0.3 is 5.97 Å². The van der Waals surface area contributed by atoms with Crippen LogP contribution in [0.2, 0.25) is 0 Å². The molecule has 0 radical (unpaired) electrons. The van der Waals surface area contributed by atoms with Crippen molar-refractivity contribution in [3.63, 3.8) is 0 Å². The second-order valence-corrected chi connectivity index (χ2v) is 7.38. The lowest BCUT2D eigenvalue weighted by molar-refractivity contribution is 0.0697. The van der Waals surface area contributed by atoms with E-state index in [1.54, 1.807) is 19.2 Å². The Bertz CT molecular complexity index is 590. The molecule has 0 saturated heterocycles. The van der Waals surface area contributed by atoms with E-state index in [0.717, 1.165) is 12.8 Å². The van der Waals surface area contributed by atoms with E-state index in [2.05, 4.69) is 0 Å². The largest absolute Gasteiger partial charge is 0.478 e. The first kappa shape index (κ1) is 15.0. The van der Waals surface area contributed by atoms with Gasteiger partial charge in [-0.25, -0.2) is 17.5 Å². The Morgan fingerprint density at radius 3 is 2.35 bits per heavy atom. The van der Waals surface area contributed by atoms with Crippen molar-refractivity contribution in [2.24, 2.45) is 5.92 Å². The van der Waals surface area contributed by atoms with Crippen molar-refractivity contribution in [3.05, 3.63) is 35.4 Å². The normalized spacial score (nSPS) is 17.1. The number of hydrogen-bond acceptors (Lipinski definition) is 3. The lowest BCUT2D eigenvalue weighted by Crippen LogP contribution is -2.37. The lowest BCUT2D eigenvalue weighted by Gasteiger charge is -2.24. The molecule has 0 spiro atoms. The highest BCUT2D eigenvalue weighted by Crippen LogP contribution is 2.35. The van der Waals surface area contributed by atoms with Gasteiger partial charge in [-0.3, -0.25) is 0 Å². The molecular weight excluding hydrogens is 278 g/mol. The smallest absolute Gasteiger partial charge is 0.335 e. The van der Waals surface area contributed by atoms with E-state index in [1.807, 2.05) is 6.92 Å². The van der Waals surface area contributed by atoms with E-state index in [9.17, 15) is 13.2 Å². The number of carboxylic acid groups (broad SMARTS) is 1. The first-order valence-electron chi connectivity index (χ1n) is 6.59. The summed E-state index contributed by atoms with van der Waals surface area (Å²) in [5.41, 5.74) is 0.760. The first-order valence-corrected chi connectivity index (χ1v) is 8.20. The molecule has 1 aliphatic carbocycles. The minimum absolute atomic E-state index is 0.0262. The first-order chi connectivity index (χ1) is 9.31. The molecular formula is C14H19NO4S. The molecule has 1 aromatic rings. The van der Waals surface area contributed by atoms with Crippen LogP contribution in [0.4, 0.5) is 0 Å². The van der Waals surface area contributed by atoms with Crippen molar-refractivity contribution in [2.45, 2.75) is 31.6 Å². The van der Waals surface area contributed by atoms with Gasteiger partial charge in [0, 0.05) is 13.1 Å². The highest BCUT2D eigenvalue weighted by atomic mass is 32.2. The van der Waals surface area contributed by atoms with Gasteiger partial charge in [0.2, 0.25) is 10.0 Å². The number of carboxylic acids is 1. The fourth-order valence-electron chi connectivity index (χ4n) is 2.18. The molecule has 2 rings (SSSR count). The molecule has 6 heteroatoms. The number of rotatable bonds is 6. The van der Waals surface area contributed by atoms with Crippen LogP contribution in [-0.2, 0) is 15.8 Å². The second-order valence-electron chi connectivity index (χ2n) is 5.35. The van der Waals surface area contributed by atoms with Crippen molar-refractivity contribution < 1.29 is 18.3 Å². The highest BCUT2D eigenvalue weighted by Gasteiger charge is 2.35. The van der Waals surface area contributed by atoms with Gasteiger partial charge in [0.25, 0.3) is 0 Å². The summed E-state index contributed by atoms with van der Waals surface area (Å²) < 4.78 is 26.0. The van der Waals surface area contributed by atoms with Crippen molar-refractivity contribution in [3.8, 4) is 0 Å². The molecule has 5 nitrogen and oxygen atoms in total. The predicted octanol–water partition coefficient (Wildman–Crippen LogP) is 1.94. The molecule has 1 aromatic carbocycles. The molecule has 0 heterocycles. The number of carbonyl (C=O) groups is 1. The maximum absolute atomic E-state index is 12.3. The van der Waals surface area contributed by atoms with Gasteiger partial charge in [0.05, 0.1) is 11.3 Å². The van der Waals surface area contributed by atoms with Crippen LogP contribution in [0.15, 0.2) is 24.3 Å². The SMILES string of the molecule is CC(C1CC1)N(C)S(=O)(=O)Cc1ccc(C(=O)O)cc1. The van der Waals surface area contributed by atoms with E-state index < -0.39 is 16.0 Å². The fourth-order valence-corrected chi connectivity index (χ4v) is 3.68. The number of hydrogen-bond donors (Lipinski definition) is 1. The van der Waals surface area contributed by atoms with E-state index >= 15 is 0 Å². The van der Waals surface area contributed by atoms with Crippen molar-refractivity contribution in [1.29, 1.82) is 0 Å². The topological polar surface area (TPSA) is 74.7 Å². The molecule has 0 bridgehead atoms. The zero-order chi connectivity index (χ0) is 14.9. The lowest BCUT2D eigenvalue weighted by atomic mass is 10.1. The fraction of sp³-hybridized carbons (Fsp3) is 0.500. The second kappa shape index (κ2) is 5.54. The van der Waals surface area contributed by atoms with Crippen LogP contribution in [0, 0.1) is 5.92 Å². The van der Waals surface area contributed by atoms with Crippen molar-refractivity contribution in [2.75, 3.05) is 7.05 Å². The Labute approximate surface area is 119 Å². The summed E-state index contributed by atoms with van der Waals surface area (Å²) in [6.45, 7) is 1.93. The zero-order valence-corrected chi connectivity index (χ0v) is 12.4. The van der Waals surface area contributed by atoms with E-state index in [1.165, 1.54) is 16.4 Å². The monoisotopic (exact) mass is 297 g/mol. The third-order valence-electron chi connectivity index (χ3n) is 3.87. The average Bonchev–Trinajstić information content (AvgIpc) is 3.21. The molecule has 1 N–H and O–H groups in total. The van der Waals surface area contributed by atoms with Crippen molar-refractivity contribution >= 4 is 16.0 Å². The predicted molar refractivity (Wildman–Crippen MR) is 76.0 cm³/mol. The molecule has 20 heavy (non-hydrogen) atoms. The van der Waals surface area contributed by atoms with Gasteiger partial charge in [-0.05, 0) is 43.4 Å². The summed E-state index contributed by atoms with van der Waals surface area (Å²) in [6.07, 6.45) is 2.18. The molecule has 1 unspecified atom stereocenters. The Morgan fingerprint density at radius 2 is 1.90 bits per heavy atom. The maximum Gasteiger partial charge on any atom is 0.335 e. The van der Waals surface area contributed by atoms with Gasteiger partial charge < -0.3 is 5.11 Å². The summed E-state index contributed by atoms with van der Waals surface area (Å²) in [4.78, 5) is 10.8.